The number of rotatable bonds is 11. The first-order chi connectivity index (χ1) is 18.7. The van der Waals surface area contributed by atoms with Crippen LogP contribution in [0.25, 0.3) is 0 Å². The summed E-state index contributed by atoms with van der Waals surface area (Å²) in [6.45, 7) is 3.78. The Bertz CT molecular complexity index is 1460. The summed E-state index contributed by atoms with van der Waals surface area (Å²) in [4.78, 5) is 41.8. The highest BCUT2D eigenvalue weighted by atomic mass is 32.2. The third-order valence-electron chi connectivity index (χ3n) is 6.89. The smallest absolute Gasteiger partial charge is 0.269 e. The molecule has 3 aromatic rings. The summed E-state index contributed by atoms with van der Waals surface area (Å²) >= 11 is 0. The number of hydrogen-bond donors (Lipinski definition) is 1. The Kier molecular flexibility index (Phi) is 8.81. The van der Waals surface area contributed by atoms with Gasteiger partial charge >= 0.3 is 0 Å². The van der Waals surface area contributed by atoms with Crippen LogP contribution in [0.3, 0.4) is 0 Å². The van der Waals surface area contributed by atoms with Crippen LogP contribution in [0.15, 0.2) is 83.8 Å². The molecule has 0 radical (unpaired) electrons. The number of unbranched alkanes of at least 4 members (excludes halogenated alkanes) is 1. The van der Waals surface area contributed by atoms with E-state index in [1.54, 1.807) is 6.07 Å². The van der Waals surface area contributed by atoms with Crippen molar-refractivity contribution in [1.82, 2.24) is 14.5 Å². The molecule has 39 heavy (non-hydrogen) atoms. The second-order valence-corrected chi connectivity index (χ2v) is 11.4. The van der Waals surface area contributed by atoms with Crippen LogP contribution >= 0.6 is 0 Å². The zero-order valence-electron chi connectivity index (χ0n) is 22.2. The quantitative estimate of drug-likeness (QED) is 0.369. The van der Waals surface area contributed by atoms with Crippen LogP contribution in [-0.4, -0.2) is 54.5 Å². The largest absolute Gasteiger partial charge is 0.354 e. The Hall–Kier alpha value is -3.98. The summed E-state index contributed by atoms with van der Waals surface area (Å²) in [5.74, 6) is -1.70. The lowest BCUT2D eigenvalue weighted by atomic mass is 10.0. The molecule has 4 rings (SSSR count). The van der Waals surface area contributed by atoms with Crippen LogP contribution in [0.2, 0.25) is 0 Å². The van der Waals surface area contributed by atoms with Crippen molar-refractivity contribution in [2.75, 3.05) is 13.1 Å². The molecule has 3 aromatic carbocycles. The molecule has 0 bridgehead atoms. The van der Waals surface area contributed by atoms with Crippen molar-refractivity contribution < 1.29 is 22.8 Å². The molecule has 0 aliphatic carbocycles. The zero-order valence-corrected chi connectivity index (χ0v) is 23.0. The van der Waals surface area contributed by atoms with E-state index in [1.807, 2.05) is 68.4 Å². The lowest BCUT2D eigenvalue weighted by Gasteiger charge is -2.33. The van der Waals surface area contributed by atoms with Gasteiger partial charge in [0.25, 0.3) is 15.9 Å². The maximum atomic E-state index is 14.0. The SMILES string of the molecule is CCCCNC(=O)C(Cc1ccccc1)N(Cc1ccccc1C)C(=O)CN1C(=O)c2ccccc2S1(=O)=O. The molecule has 1 unspecified atom stereocenters. The molecule has 0 saturated heterocycles. The van der Waals surface area contributed by atoms with Crippen molar-refractivity contribution in [2.45, 2.75) is 50.6 Å². The second kappa shape index (κ2) is 12.3. The summed E-state index contributed by atoms with van der Waals surface area (Å²) in [5, 5.41) is 2.94. The highest BCUT2D eigenvalue weighted by Crippen LogP contribution is 2.30. The van der Waals surface area contributed by atoms with Gasteiger partial charge in [0.05, 0.1) is 5.56 Å². The fourth-order valence-corrected chi connectivity index (χ4v) is 6.15. The van der Waals surface area contributed by atoms with Gasteiger partial charge in [-0.15, -0.1) is 0 Å². The Morgan fingerprint density at radius 3 is 2.31 bits per heavy atom. The van der Waals surface area contributed by atoms with E-state index in [-0.39, 0.29) is 29.3 Å². The number of benzene rings is 3. The van der Waals surface area contributed by atoms with Crippen molar-refractivity contribution in [3.63, 3.8) is 0 Å². The normalized spacial score (nSPS) is 14.5. The third-order valence-corrected chi connectivity index (χ3v) is 8.68. The summed E-state index contributed by atoms with van der Waals surface area (Å²) in [5.41, 5.74) is 2.64. The first kappa shape index (κ1) is 28.0. The lowest BCUT2D eigenvalue weighted by molar-refractivity contribution is -0.141. The number of aryl methyl sites for hydroxylation is 1. The van der Waals surface area contributed by atoms with Crippen LogP contribution in [0, 0.1) is 6.92 Å². The lowest BCUT2D eigenvalue weighted by Crippen LogP contribution is -2.53. The molecule has 9 heteroatoms. The van der Waals surface area contributed by atoms with E-state index in [4.69, 9.17) is 0 Å². The summed E-state index contributed by atoms with van der Waals surface area (Å²) in [7, 11) is -4.19. The maximum Gasteiger partial charge on any atom is 0.269 e. The van der Waals surface area contributed by atoms with Crippen molar-refractivity contribution in [3.05, 3.63) is 101 Å². The minimum absolute atomic E-state index is 0.0360. The number of amides is 3. The molecular weight excluding hydrogens is 514 g/mol. The molecule has 204 valence electrons. The molecule has 1 heterocycles. The van der Waals surface area contributed by atoms with Crippen LogP contribution in [0.4, 0.5) is 0 Å². The van der Waals surface area contributed by atoms with E-state index >= 15 is 0 Å². The number of nitrogens with zero attached hydrogens (tertiary/aromatic N) is 2. The van der Waals surface area contributed by atoms with Crippen molar-refractivity contribution in [1.29, 1.82) is 0 Å². The molecule has 1 N–H and O–H groups in total. The van der Waals surface area contributed by atoms with Crippen molar-refractivity contribution in [3.8, 4) is 0 Å². The maximum absolute atomic E-state index is 14.0. The van der Waals surface area contributed by atoms with Gasteiger partial charge in [0.2, 0.25) is 11.8 Å². The van der Waals surface area contributed by atoms with Crippen molar-refractivity contribution >= 4 is 27.7 Å². The minimum Gasteiger partial charge on any atom is -0.354 e. The number of sulfonamides is 1. The Balaban J connectivity index is 1.70. The van der Waals surface area contributed by atoms with E-state index < -0.39 is 34.4 Å². The summed E-state index contributed by atoms with van der Waals surface area (Å²) in [6, 6.07) is 21.9. The minimum atomic E-state index is -4.19. The molecule has 3 amide bonds. The van der Waals surface area contributed by atoms with Gasteiger partial charge in [-0.3, -0.25) is 14.4 Å². The number of nitrogens with one attached hydrogen (secondary N) is 1. The van der Waals surface area contributed by atoms with E-state index in [9.17, 15) is 22.8 Å². The first-order valence-electron chi connectivity index (χ1n) is 13.1. The average molecular weight is 548 g/mol. The molecule has 1 aliphatic heterocycles. The van der Waals surface area contributed by atoms with Gasteiger partial charge in [0, 0.05) is 19.5 Å². The monoisotopic (exact) mass is 547 g/mol. The van der Waals surface area contributed by atoms with E-state index in [0.29, 0.717) is 10.8 Å². The second-order valence-electron chi connectivity index (χ2n) is 9.61. The van der Waals surface area contributed by atoms with Crippen molar-refractivity contribution in [2.24, 2.45) is 0 Å². The molecule has 8 nitrogen and oxygen atoms in total. The van der Waals surface area contributed by atoms with Gasteiger partial charge in [0.15, 0.2) is 0 Å². The van der Waals surface area contributed by atoms with Crippen LogP contribution in [0.1, 0.15) is 46.8 Å². The number of carbonyl (C=O) groups is 3. The topological polar surface area (TPSA) is 104 Å². The van der Waals surface area contributed by atoms with Gasteiger partial charge in [-0.25, -0.2) is 12.7 Å². The number of hydrogen-bond acceptors (Lipinski definition) is 5. The summed E-state index contributed by atoms with van der Waals surface area (Å²) in [6.07, 6.45) is 1.91. The third kappa shape index (κ3) is 6.20. The van der Waals surface area contributed by atoms with Crippen LogP contribution in [0.5, 0.6) is 0 Å². The van der Waals surface area contributed by atoms with E-state index in [1.165, 1.54) is 23.1 Å². The fraction of sp³-hybridized carbons (Fsp3) is 0.300. The molecule has 1 atom stereocenters. The molecule has 0 fully saturated rings. The fourth-order valence-electron chi connectivity index (χ4n) is 4.63. The molecule has 0 saturated carbocycles. The Labute approximate surface area is 229 Å². The van der Waals surface area contributed by atoms with Gasteiger partial charge < -0.3 is 10.2 Å². The highest BCUT2D eigenvalue weighted by Gasteiger charge is 2.43. The summed E-state index contributed by atoms with van der Waals surface area (Å²) < 4.78 is 27.0. The van der Waals surface area contributed by atoms with Gasteiger partial charge in [-0.05, 0) is 42.2 Å². The first-order valence-corrected chi connectivity index (χ1v) is 14.5. The van der Waals surface area contributed by atoms with Crippen LogP contribution in [-0.2, 0) is 32.6 Å². The highest BCUT2D eigenvalue weighted by molar-refractivity contribution is 7.90. The van der Waals surface area contributed by atoms with Gasteiger partial charge in [-0.2, -0.15) is 0 Å². The van der Waals surface area contributed by atoms with Crippen LogP contribution < -0.4 is 5.32 Å². The van der Waals surface area contributed by atoms with E-state index in [2.05, 4.69) is 5.32 Å². The molecule has 1 aliphatic rings. The van der Waals surface area contributed by atoms with Gasteiger partial charge in [-0.1, -0.05) is 80.1 Å². The standard InChI is InChI=1S/C30H33N3O5S/c1-3-4-18-31-29(35)26(19-23-13-6-5-7-14-23)32(20-24-15-9-8-12-22(24)2)28(34)21-33-30(36)25-16-10-11-17-27(25)39(33,37)38/h5-17,26H,3-4,18-21H2,1-2H3,(H,31,35). The molecular formula is C30H33N3O5S. The zero-order chi connectivity index (χ0) is 28.0. The predicted octanol–water partition coefficient (Wildman–Crippen LogP) is 3.70. The number of carbonyl (C=O) groups excluding carboxylic acids is 3. The van der Waals surface area contributed by atoms with Gasteiger partial charge in [0.1, 0.15) is 17.5 Å². The Morgan fingerprint density at radius 1 is 0.949 bits per heavy atom. The average Bonchev–Trinajstić information content (AvgIpc) is 3.12. The Morgan fingerprint density at radius 2 is 1.62 bits per heavy atom. The molecule has 0 spiro atoms. The predicted molar refractivity (Wildman–Crippen MR) is 148 cm³/mol. The number of fused-ring (bicyclic) bond motifs is 1. The van der Waals surface area contributed by atoms with E-state index in [0.717, 1.165) is 29.5 Å². The molecule has 0 aromatic heterocycles.